The molecule has 7 nitrogen and oxygen atoms in total. The van der Waals surface area contributed by atoms with Crippen molar-refractivity contribution in [2.24, 2.45) is 0 Å². The van der Waals surface area contributed by atoms with Gasteiger partial charge in [-0.25, -0.2) is 17.9 Å². The average Bonchev–Trinajstić information content (AvgIpc) is 2.69. The highest BCUT2D eigenvalue weighted by Crippen LogP contribution is 2.20. The summed E-state index contributed by atoms with van der Waals surface area (Å²) in [7, 11) is -3.71. The molecule has 1 atom stereocenters. The zero-order valence-corrected chi connectivity index (χ0v) is 17.8. The standard InChI is InChI=1S/C21H26N2O5S/c1-5-12-22-29(26,27)18-11-7-10-17(13-18)21(25)28-16(4)20(24)23-19-14(2)8-6-9-15(19)3/h6-11,13,16,22H,5,12H2,1-4H3,(H,23,24)/t16-/m0/s1. The van der Waals surface area contributed by atoms with Crippen LogP contribution in [0.25, 0.3) is 0 Å². The number of para-hydroxylation sites is 1. The molecule has 0 saturated heterocycles. The summed E-state index contributed by atoms with van der Waals surface area (Å²) in [4.78, 5) is 24.8. The number of aryl methyl sites for hydroxylation is 2. The first-order chi connectivity index (χ1) is 13.7. The predicted octanol–water partition coefficient (Wildman–Crippen LogP) is 3.18. The Bertz CT molecular complexity index is 982. The first-order valence-electron chi connectivity index (χ1n) is 9.33. The van der Waals surface area contributed by atoms with Gasteiger partial charge < -0.3 is 10.1 Å². The third-order valence-electron chi connectivity index (χ3n) is 4.30. The summed E-state index contributed by atoms with van der Waals surface area (Å²) in [5.41, 5.74) is 2.52. The van der Waals surface area contributed by atoms with Gasteiger partial charge in [-0.2, -0.15) is 0 Å². The van der Waals surface area contributed by atoms with E-state index in [4.69, 9.17) is 4.74 Å². The number of amides is 1. The molecule has 2 aromatic carbocycles. The van der Waals surface area contributed by atoms with E-state index >= 15 is 0 Å². The monoisotopic (exact) mass is 418 g/mol. The van der Waals surface area contributed by atoms with E-state index in [0.29, 0.717) is 18.7 Å². The fraction of sp³-hybridized carbons (Fsp3) is 0.333. The van der Waals surface area contributed by atoms with Gasteiger partial charge in [0.1, 0.15) is 0 Å². The number of ether oxygens (including phenoxy) is 1. The molecule has 156 valence electrons. The minimum atomic E-state index is -3.71. The molecule has 0 fully saturated rings. The van der Waals surface area contributed by atoms with Crippen molar-refractivity contribution in [1.29, 1.82) is 0 Å². The second kappa shape index (κ2) is 9.67. The number of anilines is 1. The molecule has 0 spiro atoms. The van der Waals surface area contributed by atoms with E-state index in [9.17, 15) is 18.0 Å². The molecule has 0 radical (unpaired) electrons. The number of nitrogens with one attached hydrogen (secondary N) is 2. The number of hydrogen-bond acceptors (Lipinski definition) is 5. The van der Waals surface area contributed by atoms with Crippen LogP contribution >= 0.6 is 0 Å². The van der Waals surface area contributed by atoms with E-state index in [0.717, 1.165) is 11.1 Å². The van der Waals surface area contributed by atoms with Gasteiger partial charge in [0.15, 0.2) is 6.10 Å². The number of esters is 1. The lowest BCUT2D eigenvalue weighted by atomic mass is 10.1. The maximum absolute atomic E-state index is 12.4. The molecule has 2 N–H and O–H groups in total. The van der Waals surface area contributed by atoms with Crippen molar-refractivity contribution in [2.75, 3.05) is 11.9 Å². The van der Waals surface area contributed by atoms with Gasteiger partial charge in [-0.3, -0.25) is 4.79 Å². The molecule has 0 aliphatic carbocycles. The summed E-state index contributed by atoms with van der Waals surface area (Å²) in [5.74, 6) is -1.24. The van der Waals surface area contributed by atoms with Crippen molar-refractivity contribution in [3.8, 4) is 0 Å². The fourth-order valence-electron chi connectivity index (χ4n) is 2.63. The van der Waals surface area contributed by atoms with Crippen LogP contribution in [-0.2, 0) is 19.6 Å². The van der Waals surface area contributed by atoms with Crippen LogP contribution < -0.4 is 10.0 Å². The molecule has 2 rings (SSSR count). The highest BCUT2D eigenvalue weighted by Gasteiger charge is 2.22. The summed E-state index contributed by atoms with van der Waals surface area (Å²) in [5, 5.41) is 2.77. The minimum Gasteiger partial charge on any atom is -0.449 e. The van der Waals surface area contributed by atoms with Crippen LogP contribution in [0.1, 0.15) is 41.8 Å². The van der Waals surface area contributed by atoms with E-state index < -0.39 is 28.0 Å². The molecular formula is C21H26N2O5S. The maximum atomic E-state index is 12.4. The van der Waals surface area contributed by atoms with Gasteiger partial charge in [0.05, 0.1) is 10.5 Å². The molecule has 0 aliphatic heterocycles. The lowest BCUT2D eigenvalue weighted by molar-refractivity contribution is -0.123. The average molecular weight is 419 g/mol. The van der Waals surface area contributed by atoms with E-state index in [1.165, 1.54) is 31.2 Å². The van der Waals surface area contributed by atoms with Gasteiger partial charge >= 0.3 is 5.97 Å². The number of carbonyl (C=O) groups excluding carboxylic acids is 2. The number of carbonyl (C=O) groups is 2. The van der Waals surface area contributed by atoms with Crippen molar-refractivity contribution in [3.05, 3.63) is 59.2 Å². The Balaban J connectivity index is 2.09. The molecule has 1 amide bonds. The van der Waals surface area contributed by atoms with Crippen molar-refractivity contribution >= 4 is 27.6 Å². The van der Waals surface area contributed by atoms with Crippen LogP contribution in [0.4, 0.5) is 5.69 Å². The molecule has 0 heterocycles. The van der Waals surface area contributed by atoms with Gasteiger partial charge in [-0.1, -0.05) is 31.2 Å². The van der Waals surface area contributed by atoms with Crippen molar-refractivity contribution < 1.29 is 22.7 Å². The Morgan fingerprint density at radius 1 is 1.07 bits per heavy atom. The summed E-state index contributed by atoms with van der Waals surface area (Å²) in [6.45, 7) is 7.35. The molecule has 0 bridgehead atoms. The molecule has 0 unspecified atom stereocenters. The van der Waals surface area contributed by atoms with Gasteiger partial charge in [0, 0.05) is 12.2 Å². The number of sulfonamides is 1. The number of rotatable bonds is 8. The van der Waals surface area contributed by atoms with Crippen LogP contribution in [0.3, 0.4) is 0 Å². The Labute approximate surface area is 171 Å². The van der Waals surface area contributed by atoms with Crippen molar-refractivity contribution in [1.82, 2.24) is 4.72 Å². The molecule has 0 aromatic heterocycles. The molecule has 8 heteroatoms. The van der Waals surface area contributed by atoms with Crippen LogP contribution in [0.15, 0.2) is 47.4 Å². The minimum absolute atomic E-state index is 0.0342. The number of hydrogen-bond donors (Lipinski definition) is 2. The first-order valence-corrected chi connectivity index (χ1v) is 10.8. The number of benzene rings is 2. The van der Waals surface area contributed by atoms with Crippen molar-refractivity contribution in [3.63, 3.8) is 0 Å². The Hall–Kier alpha value is -2.71. The zero-order chi connectivity index (χ0) is 21.6. The van der Waals surface area contributed by atoms with Crippen LogP contribution in [0, 0.1) is 13.8 Å². The third-order valence-corrected chi connectivity index (χ3v) is 5.76. The normalized spacial score (nSPS) is 12.3. The molecule has 2 aromatic rings. The highest BCUT2D eigenvalue weighted by molar-refractivity contribution is 7.89. The second-order valence-electron chi connectivity index (χ2n) is 6.73. The quantitative estimate of drug-likeness (QED) is 0.641. The van der Waals surface area contributed by atoms with E-state index in [-0.39, 0.29) is 10.5 Å². The fourth-order valence-corrected chi connectivity index (χ4v) is 3.81. The second-order valence-corrected chi connectivity index (χ2v) is 8.50. The predicted molar refractivity (Wildman–Crippen MR) is 111 cm³/mol. The first kappa shape index (κ1) is 22.6. The SMILES string of the molecule is CCCNS(=O)(=O)c1cccc(C(=O)O[C@@H](C)C(=O)Nc2c(C)cccc2C)c1. The van der Waals surface area contributed by atoms with Gasteiger partial charge in [0.25, 0.3) is 5.91 Å². The van der Waals surface area contributed by atoms with Crippen molar-refractivity contribution in [2.45, 2.75) is 45.1 Å². The van der Waals surface area contributed by atoms with Gasteiger partial charge in [-0.15, -0.1) is 0 Å². The molecule has 0 saturated carbocycles. The van der Waals surface area contributed by atoms with Crippen LogP contribution in [-0.4, -0.2) is 32.9 Å². The summed E-state index contributed by atoms with van der Waals surface area (Å²) in [6, 6.07) is 11.2. The van der Waals surface area contributed by atoms with Gasteiger partial charge in [-0.05, 0) is 56.5 Å². The molecular weight excluding hydrogens is 392 g/mol. The Morgan fingerprint density at radius 3 is 2.31 bits per heavy atom. The lowest BCUT2D eigenvalue weighted by Gasteiger charge is -2.16. The summed E-state index contributed by atoms with van der Waals surface area (Å²) in [6.07, 6.45) is -0.409. The topological polar surface area (TPSA) is 102 Å². The van der Waals surface area contributed by atoms with E-state index in [2.05, 4.69) is 10.0 Å². The largest absolute Gasteiger partial charge is 0.449 e. The maximum Gasteiger partial charge on any atom is 0.338 e. The smallest absolute Gasteiger partial charge is 0.338 e. The molecule has 29 heavy (non-hydrogen) atoms. The Morgan fingerprint density at radius 2 is 1.69 bits per heavy atom. The Kier molecular flexibility index (Phi) is 7.53. The zero-order valence-electron chi connectivity index (χ0n) is 17.0. The van der Waals surface area contributed by atoms with Gasteiger partial charge in [0.2, 0.25) is 10.0 Å². The highest BCUT2D eigenvalue weighted by atomic mass is 32.2. The summed E-state index contributed by atoms with van der Waals surface area (Å²) >= 11 is 0. The van der Waals surface area contributed by atoms with Crippen LogP contribution in [0.2, 0.25) is 0 Å². The summed E-state index contributed by atoms with van der Waals surface area (Å²) < 4.78 is 32.1. The van der Waals surface area contributed by atoms with E-state index in [1.54, 1.807) is 0 Å². The molecule has 0 aliphatic rings. The third kappa shape index (κ3) is 5.88. The lowest BCUT2D eigenvalue weighted by Crippen LogP contribution is -2.30. The van der Waals surface area contributed by atoms with Crippen LogP contribution in [0.5, 0.6) is 0 Å². The van der Waals surface area contributed by atoms with E-state index in [1.807, 2.05) is 39.0 Å².